The van der Waals surface area contributed by atoms with E-state index in [1.165, 1.54) is 12.1 Å². The van der Waals surface area contributed by atoms with Crippen LogP contribution < -0.4 is 10.6 Å². The fourth-order valence-corrected chi connectivity index (χ4v) is 2.33. The van der Waals surface area contributed by atoms with Gasteiger partial charge in [-0.15, -0.1) is 0 Å². The summed E-state index contributed by atoms with van der Waals surface area (Å²) in [6.07, 6.45) is 0. The Morgan fingerprint density at radius 1 is 1.11 bits per heavy atom. The molecule has 0 bridgehead atoms. The number of nitrogens with two attached hydrogens (primary N) is 1. The van der Waals surface area contributed by atoms with E-state index in [4.69, 9.17) is 5.73 Å². The second-order valence-corrected chi connectivity index (χ2v) is 4.53. The molecule has 100 valence electrons. The van der Waals surface area contributed by atoms with Gasteiger partial charge in [0, 0.05) is 32.7 Å². The summed E-state index contributed by atoms with van der Waals surface area (Å²) in [6, 6.07) is 2.65. The summed E-state index contributed by atoms with van der Waals surface area (Å²) >= 11 is 0. The molecule has 2 N–H and O–H groups in total. The van der Waals surface area contributed by atoms with Crippen LogP contribution in [0.2, 0.25) is 0 Å². The maximum atomic E-state index is 13.9. The molecule has 1 aliphatic rings. The van der Waals surface area contributed by atoms with Crippen molar-refractivity contribution in [1.29, 1.82) is 0 Å². The van der Waals surface area contributed by atoms with E-state index in [2.05, 4.69) is 11.8 Å². The Morgan fingerprint density at radius 3 is 2.11 bits per heavy atom. The highest BCUT2D eigenvalue weighted by molar-refractivity contribution is 5.51. The first-order valence-electron chi connectivity index (χ1n) is 6.31. The summed E-state index contributed by atoms with van der Waals surface area (Å²) in [6.45, 7) is 6.21. The van der Waals surface area contributed by atoms with E-state index < -0.39 is 11.6 Å². The lowest BCUT2D eigenvalue weighted by molar-refractivity contribution is 0.269. The van der Waals surface area contributed by atoms with Crippen LogP contribution in [-0.2, 0) is 6.54 Å². The Kier molecular flexibility index (Phi) is 4.14. The number of hydrogen-bond donors (Lipinski definition) is 1. The summed E-state index contributed by atoms with van der Waals surface area (Å²) < 4.78 is 27.8. The topological polar surface area (TPSA) is 32.5 Å². The normalized spacial score (nSPS) is 17.2. The molecule has 5 heteroatoms. The summed E-state index contributed by atoms with van der Waals surface area (Å²) in [7, 11) is 0. The highest BCUT2D eigenvalue weighted by Gasteiger charge is 2.22. The van der Waals surface area contributed by atoms with Gasteiger partial charge < -0.3 is 15.5 Å². The molecule has 0 unspecified atom stereocenters. The number of anilines is 1. The maximum absolute atomic E-state index is 13.9. The first kappa shape index (κ1) is 13.2. The molecule has 1 heterocycles. The average Bonchev–Trinajstić information content (AvgIpc) is 2.38. The van der Waals surface area contributed by atoms with Crippen molar-refractivity contribution in [3.8, 4) is 0 Å². The predicted octanol–water partition coefficient (Wildman–Crippen LogP) is 1.57. The van der Waals surface area contributed by atoms with E-state index in [0.717, 1.165) is 19.6 Å². The minimum absolute atomic E-state index is 0.0861. The molecule has 0 atom stereocenters. The predicted molar refractivity (Wildman–Crippen MR) is 68.6 cm³/mol. The van der Waals surface area contributed by atoms with Crippen molar-refractivity contribution in [1.82, 2.24) is 4.90 Å². The van der Waals surface area contributed by atoms with Gasteiger partial charge >= 0.3 is 0 Å². The molecule has 1 saturated heterocycles. The van der Waals surface area contributed by atoms with Gasteiger partial charge in [0.2, 0.25) is 0 Å². The number of likely N-dealkylation sites (N-methyl/N-ethyl adjacent to an activating group) is 1. The van der Waals surface area contributed by atoms with Crippen molar-refractivity contribution in [3.63, 3.8) is 0 Å². The molecule has 0 radical (unpaired) electrons. The average molecular weight is 255 g/mol. The van der Waals surface area contributed by atoms with Crippen molar-refractivity contribution >= 4 is 5.69 Å². The molecule has 0 aliphatic carbocycles. The third kappa shape index (κ3) is 2.62. The molecule has 3 nitrogen and oxygen atoms in total. The Balaban J connectivity index is 2.19. The van der Waals surface area contributed by atoms with Gasteiger partial charge in [0.25, 0.3) is 0 Å². The molecule has 0 amide bonds. The smallest absolute Gasteiger partial charge is 0.149 e. The third-order valence-corrected chi connectivity index (χ3v) is 3.45. The lowest BCUT2D eigenvalue weighted by Crippen LogP contribution is -2.46. The van der Waals surface area contributed by atoms with Crippen LogP contribution in [0.4, 0.5) is 14.5 Å². The fourth-order valence-electron chi connectivity index (χ4n) is 2.33. The SMILES string of the molecule is CCN1CCN(c2c(F)cc(CN)cc2F)CC1. The minimum atomic E-state index is -0.514. The van der Waals surface area contributed by atoms with Crippen LogP contribution >= 0.6 is 0 Å². The van der Waals surface area contributed by atoms with Crippen molar-refractivity contribution in [3.05, 3.63) is 29.3 Å². The standard InChI is InChI=1S/C13H19F2N3/c1-2-17-3-5-18(6-4-17)13-11(14)7-10(9-16)8-12(13)15/h7-8H,2-6,9,16H2,1H3. The van der Waals surface area contributed by atoms with Gasteiger partial charge in [-0.05, 0) is 24.2 Å². The molecule has 1 aliphatic heterocycles. The van der Waals surface area contributed by atoms with Crippen LogP contribution in [0.25, 0.3) is 0 Å². The number of nitrogens with zero attached hydrogens (tertiary/aromatic N) is 2. The molecule has 1 aromatic carbocycles. The zero-order chi connectivity index (χ0) is 13.1. The van der Waals surface area contributed by atoms with Gasteiger partial charge in [-0.25, -0.2) is 8.78 Å². The van der Waals surface area contributed by atoms with Gasteiger partial charge in [-0.1, -0.05) is 6.92 Å². The Labute approximate surface area is 106 Å². The largest absolute Gasteiger partial charge is 0.364 e. The molecule has 0 aromatic heterocycles. The Morgan fingerprint density at radius 2 is 1.67 bits per heavy atom. The van der Waals surface area contributed by atoms with E-state index in [9.17, 15) is 8.78 Å². The van der Waals surface area contributed by atoms with E-state index in [1.807, 2.05) is 0 Å². The first-order chi connectivity index (χ1) is 8.65. The number of hydrogen-bond acceptors (Lipinski definition) is 3. The molecule has 1 aromatic rings. The van der Waals surface area contributed by atoms with Gasteiger partial charge in [0.1, 0.15) is 17.3 Å². The van der Waals surface area contributed by atoms with Crippen molar-refractivity contribution in [2.24, 2.45) is 5.73 Å². The molecular formula is C13H19F2N3. The molecule has 1 fully saturated rings. The van der Waals surface area contributed by atoms with Crippen LogP contribution in [0.15, 0.2) is 12.1 Å². The summed E-state index contributed by atoms with van der Waals surface area (Å²) in [5, 5.41) is 0. The first-order valence-corrected chi connectivity index (χ1v) is 6.31. The van der Waals surface area contributed by atoms with E-state index in [0.29, 0.717) is 18.7 Å². The quantitative estimate of drug-likeness (QED) is 0.889. The second-order valence-electron chi connectivity index (χ2n) is 4.53. The van der Waals surface area contributed by atoms with E-state index in [-0.39, 0.29) is 12.2 Å². The zero-order valence-electron chi connectivity index (χ0n) is 10.6. The Hall–Kier alpha value is -1.20. The highest BCUT2D eigenvalue weighted by Crippen LogP contribution is 2.25. The molecule has 18 heavy (non-hydrogen) atoms. The van der Waals surface area contributed by atoms with Crippen molar-refractivity contribution in [2.45, 2.75) is 13.5 Å². The second kappa shape index (κ2) is 5.63. The lowest BCUT2D eigenvalue weighted by atomic mass is 10.1. The van der Waals surface area contributed by atoms with Crippen molar-refractivity contribution < 1.29 is 8.78 Å². The summed E-state index contributed by atoms with van der Waals surface area (Å²) in [4.78, 5) is 4.04. The van der Waals surface area contributed by atoms with Gasteiger partial charge in [-0.3, -0.25) is 0 Å². The minimum Gasteiger partial charge on any atom is -0.364 e. The van der Waals surface area contributed by atoms with Crippen LogP contribution in [0.5, 0.6) is 0 Å². The zero-order valence-corrected chi connectivity index (χ0v) is 10.6. The molecule has 0 saturated carbocycles. The summed E-state index contributed by atoms with van der Waals surface area (Å²) in [5.74, 6) is -1.03. The summed E-state index contributed by atoms with van der Waals surface area (Å²) in [5.41, 5.74) is 5.97. The van der Waals surface area contributed by atoms with Crippen LogP contribution in [-0.4, -0.2) is 37.6 Å². The molecule has 2 rings (SSSR count). The fraction of sp³-hybridized carbons (Fsp3) is 0.538. The van der Waals surface area contributed by atoms with E-state index in [1.54, 1.807) is 4.90 Å². The van der Waals surface area contributed by atoms with Gasteiger partial charge in [0.05, 0.1) is 0 Å². The van der Waals surface area contributed by atoms with Crippen molar-refractivity contribution in [2.75, 3.05) is 37.6 Å². The van der Waals surface area contributed by atoms with Gasteiger partial charge in [-0.2, -0.15) is 0 Å². The lowest BCUT2D eigenvalue weighted by Gasteiger charge is -2.35. The highest BCUT2D eigenvalue weighted by atomic mass is 19.1. The molecule has 0 spiro atoms. The Bertz CT molecular complexity index is 392. The number of rotatable bonds is 3. The van der Waals surface area contributed by atoms with E-state index >= 15 is 0 Å². The maximum Gasteiger partial charge on any atom is 0.149 e. The number of benzene rings is 1. The number of piperazine rings is 1. The number of halogens is 2. The monoisotopic (exact) mass is 255 g/mol. The van der Waals surface area contributed by atoms with Gasteiger partial charge in [0.15, 0.2) is 0 Å². The van der Waals surface area contributed by atoms with Crippen LogP contribution in [0.1, 0.15) is 12.5 Å². The third-order valence-electron chi connectivity index (χ3n) is 3.45. The molecular weight excluding hydrogens is 236 g/mol. The van der Waals surface area contributed by atoms with Crippen LogP contribution in [0.3, 0.4) is 0 Å². The van der Waals surface area contributed by atoms with Crippen LogP contribution in [0, 0.1) is 11.6 Å².